The monoisotopic (exact) mass is 458 g/mol. The quantitative estimate of drug-likeness (QED) is 0.319. The van der Waals surface area contributed by atoms with Crippen molar-refractivity contribution >= 4 is 28.7 Å². The van der Waals surface area contributed by atoms with Gasteiger partial charge < -0.3 is 9.88 Å². The van der Waals surface area contributed by atoms with Crippen LogP contribution in [0.1, 0.15) is 47.3 Å². The number of carbonyl (C=O) groups is 1. The van der Waals surface area contributed by atoms with Crippen molar-refractivity contribution in [3.8, 4) is 0 Å². The van der Waals surface area contributed by atoms with Crippen LogP contribution in [-0.2, 0) is 12.3 Å². The van der Waals surface area contributed by atoms with Gasteiger partial charge in [-0.2, -0.15) is 0 Å². The van der Waals surface area contributed by atoms with Crippen LogP contribution in [0.25, 0.3) is 11.0 Å². The Bertz CT molecular complexity index is 1230. The fraction of sp³-hybridized carbons (Fsp3) is 0.296. The zero-order valence-electron chi connectivity index (χ0n) is 19.4. The highest BCUT2D eigenvalue weighted by Crippen LogP contribution is 2.28. The first-order valence-corrected chi connectivity index (χ1v) is 12.3. The van der Waals surface area contributed by atoms with Crippen LogP contribution in [-0.4, -0.2) is 27.0 Å². The smallest absolute Gasteiger partial charge is 0.251 e. The summed E-state index contributed by atoms with van der Waals surface area (Å²) in [6, 6.07) is 18.3. The molecule has 0 spiro atoms. The van der Waals surface area contributed by atoms with E-state index in [2.05, 4.69) is 59.9 Å². The molecule has 0 saturated heterocycles. The van der Waals surface area contributed by atoms with Gasteiger partial charge in [0.2, 0.25) is 0 Å². The molecule has 33 heavy (non-hydrogen) atoms. The summed E-state index contributed by atoms with van der Waals surface area (Å²) in [5.41, 5.74) is 6.37. The Balaban J connectivity index is 1.51. The van der Waals surface area contributed by atoms with Crippen LogP contribution in [0.5, 0.6) is 0 Å². The summed E-state index contributed by atoms with van der Waals surface area (Å²) in [4.78, 5) is 21.6. The van der Waals surface area contributed by atoms with Gasteiger partial charge in [0.1, 0.15) is 0 Å². The number of fused-ring (bicyclic) bond motifs is 1. The number of aromatic nitrogens is 3. The second-order valence-electron chi connectivity index (χ2n) is 8.70. The van der Waals surface area contributed by atoms with Crippen molar-refractivity contribution < 1.29 is 4.79 Å². The van der Waals surface area contributed by atoms with Crippen molar-refractivity contribution in [1.29, 1.82) is 0 Å². The molecule has 0 atom stereocenters. The van der Waals surface area contributed by atoms with Crippen LogP contribution in [0, 0.1) is 12.8 Å². The van der Waals surface area contributed by atoms with Gasteiger partial charge in [-0.1, -0.05) is 62.0 Å². The van der Waals surface area contributed by atoms with Gasteiger partial charge in [-0.25, -0.2) is 4.98 Å². The molecule has 0 radical (unpaired) electrons. The van der Waals surface area contributed by atoms with Gasteiger partial charge in [0, 0.05) is 24.1 Å². The van der Waals surface area contributed by atoms with Gasteiger partial charge in [0.25, 0.3) is 5.91 Å². The van der Waals surface area contributed by atoms with Crippen molar-refractivity contribution in [2.45, 2.75) is 44.6 Å². The molecule has 6 heteroatoms. The normalized spacial score (nSPS) is 11.3. The Labute approximate surface area is 199 Å². The molecular formula is C27H30N4OS. The molecule has 0 aliphatic carbocycles. The number of carbonyl (C=O) groups excluding carboxylic acids is 1. The molecule has 0 bridgehead atoms. The summed E-state index contributed by atoms with van der Waals surface area (Å²) in [5.74, 6) is 1.41. The van der Waals surface area contributed by atoms with Crippen LogP contribution in [0.2, 0.25) is 0 Å². The number of amides is 1. The Hall–Kier alpha value is -3.12. The lowest BCUT2D eigenvalue weighted by Crippen LogP contribution is -2.25. The number of imidazole rings is 1. The van der Waals surface area contributed by atoms with Gasteiger partial charge in [-0.15, -0.1) is 0 Å². The third-order valence-corrected chi connectivity index (χ3v) is 6.72. The molecule has 1 N–H and O–H groups in total. The van der Waals surface area contributed by atoms with Crippen LogP contribution in [0.4, 0.5) is 0 Å². The maximum Gasteiger partial charge on any atom is 0.251 e. The number of nitrogens with one attached hydrogen (secondary N) is 1. The molecule has 1 amide bonds. The molecule has 4 rings (SSSR count). The number of thioether (sulfide) groups is 1. The number of benzene rings is 2. The molecule has 0 aliphatic rings. The average molecular weight is 459 g/mol. The molecule has 4 aromatic rings. The van der Waals surface area contributed by atoms with E-state index in [1.54, 1.807) is 18.0 Å². The molecule has 2 aromatic carbocycles. The maximum atomic E-state index is 12.4. The first kappa shape index (κ1) is 23.1. The van der Waals surface area contributed by atoms with Gasteiger partial charge in [-0.05, 0) is 54.2 Å². The minimum atomic E-state index is -0.0195. The summed E-state index contributed by atoms with van der Waals surface area (Å²) in [7, 11) is 0. The third-order valence-electron chi connectivity index (χ3n) is 5.70. The summed E-state index contributed by atoms with van der Waals surface area (Å²) in [5, 5.41) is 3.97. The Morgan fingerprint density at radius 3 is 2.64 bits per heavy atom. The summed E-state index contributed by atoms with van der Waals surface area (Å²) >= 11 is 1.74. The van der Waals surface area contributed by atoms with Crippen LogP contribution >= 0.6 is 11.8 Å². The topological polar surface area (TPSA) is 59.8 Å². The molecule has 2 heterocycles. The van der Waals surface area contributed by atoms with E-state index in [4.69, 9.17) is 4.98 Å². The standard InChI is InChI=1S/C27H30N4OS/c1-19(2)12-15-29-26(32)22-10-8-21(9-11-22)17-31-25-16-28-14-13-24(25)30-27(31)33-18-23-7-5-4-6-20(23)3/h4-11,13-14,16,19H,12,15,17-18H2,1-3H3,(H,29,32). The number of hydrogen-bond acceptors (Lipinski definition) is 4. The Morgan fingerprint density at radius 1 is 1.09 bits per heavy atom. The van der Waals surface area contributed by atoms with Gasteiger partial charge >= 0.3 is 0 Å². The first-order chi connectivity index (χ1) is 16.0. The van der Waals surface area contributed by atoms with Gasteiger partial charge in [-0.3, -0.25) is 9.78 Å². The van der Waals surface area contributed by atoms with Crippen LogP contribution in [0.15, 0.2) is 72.1 Å². The fourth-order valence-corrected chi connectivity index (χ4v) is 4.74. The highest BCUT2D eigenvalue weighted by molar-refractivity contribution is 7.98. The predicted octanol–water partition coefficient (Wildman–Crippen LogP) is 5.86. The van der Waals surface area contributed by atoms with E-state index in [1.165, 1.54) is 11.1 Å². The van der Waals surface area contributed by atoms with E-state index in [0.29, 0.717) is 24.6 Å². The largest absolute Gasteiger partial charge is 0.352 e. The van der Waals surface area contributed by atoms with Crippen molar-refractivity contribution in [2.75, 3.05) is 6.54 Å². The van der Waals surface area contributed by atoms with E-state index < -0.39 is 0 Å². The van der Waals surface area contributed by atoms with Crippen molar-refractivity contribution in [1.82, 2.24) is 19.9 Å². The number of hydrogen-bond donors (Lipinski definition) is 1. The van der Waals surface area contributed by atoms with Crippen LogP contribution in [0.3, 0.4) is 0 Å². The number of rotatable bonds is 9. The van der Waals surface area contributed by atoms with Crippen molar-refractivity contribution in [3.63, 3.8) is 0 Å². The molecule has 5 nitrogen and oxygen atoms in total. The SMILES string of the molecule is Cc1ccccc1CSc1nc2ccncc2n1Cc1ccc(C(=O)NCCC(C)C)cc1. The zero-order chi connectivity index (χ0) is 23.2. The molecule has 0 fully saturated rings. The minimum absolute atomic E-state index is 0.0195. The Morgan fingerprint density at radius 2 is 1.88 bits per heavy atom. The highest BCUT2D eigenvalue weighted by atomic mass is 32.2. The van der Waals surface area contributed by atoms with Crippen molar-refractivity contribution in [3.05, 3.63) is 89.2 Å². The van der Waals surface area contributed by atoms with Crippen LogP contribution < -0.4 is 5.32 Å². The van der Waals surface area contributed by atoms with E-state index in [-0.39, 0.29) is 5.91 Å². The molecule has 0 unspecified atom stereocenters. The lowest BCUT2D eigenvalue weighted by molar-refractivity contribution is 0.0952. The molecular weight excluding hydrogens is 428 g/mol. The minimum Gasteiger partial charge on any atom is -0.352 e. The average Bonchev–Trinajstić information content (AvgIpc) is 3.16. The first-order valence-electron chi connectivity index (χ1n) is 11.4. The number of nitrogens with zero attached hydrogens (tertiary/aromatic N) is 3. The van der Waals surface area contributed by atoms with Gasteiger partial charge in [0.15, 0.2) is 5.16 Å². The van der Waals surface area contributed by atoms with Gasteiger partial charge in [0.05, 0.1) is 23.8 Å². The zero-order valence-corrected chi connectivity index (χ0v) is 20.2. The Kier molecular flexibility index (Phi) is 7.45. The summed E-state index contributed by atoms with van der Waals surface area (Å²) < 4.78 is 2.21. The second-order valence-corrected chi connectivity index (χ2v) is 9.64. The fourth-order valence-electron chi connectivity index (χ4n) is 3.65. The summed E-state index contributed by atoms with van der Waals surface area (Å²) in [6.45, 7) is 7.83. The number of aryl methyl sites for hydroxylation is 1. The van der Waals surface area contributed by atoms with E-state index in [0.717, 1.165) is 33.9 Å². The molecule has 2 aromatic heterocycles. The second kappa shape index (κ2) is 10.7. The molecule has 0 saturated carbocycles. The van der Waals surface area contributed by atoms with E-state index >= 15 is 0 Å². The molecule has 0 aliphatic heterocycles. The van der Waals surface area contributed by atoms with Crippen molar-refractivity contribution in [2.24, 2.45) is 5.92 Å². The van der Waals surface area contributed by atoms with E-state index in [9.17, 15) is 4.79 Å². The molecule has 170 valence electrons. The lowest BCUT2D eigenvalue weighted by Gasteiger charge is -2.11. The highest BCUT2D eigenvalue weighted by Gasteiger charge is 2.13. The summed E-state index contributed by atoms with van der Waals surface area (Å²) in [6.07, 6.45) is 4.63. The lowest BCUT2D eigenvalue weighted by atomic mass is 10.1. The maximum absolute atomic E-state index is 12.4. The third kappa shape index (κ3) is 5.82. The predicted molar refractivity (Wildman–Crippen MR) is 136 cm³/mol. The van der Waals surface area contributed by atoms with E-state index in [1.807, 2.05) is 36.5 Å². The number of pyridine rings is 1.